The first-order valence-corrected chi connectivity index (χ1v) is 6.92. The number of carbonyl (C=O) groups is 1. The van der Waals surface area contributed by atoms with Crippen LogP contribution in [0, 0.1) is 5.92 Å². The van der Waals surface area contributed by atoms with E-state index >= 15 is 0 Å². The number of sulfone groups is 1. The lowest BCUT2D eigenvalue weighted by Crippen LogP contribution is -2.33. The highest BCUT2D eigenvalue weighted by atomic mass is 32.2. The molecule has 1 fully saturated rings. The summed E-state index contributed by atoms with van der Waals surface area (Å²) in [5.41, 5.74) is 0. The molecule has 0 bridgehead atoms. The van der Waals surface area contributed by atoms with Gasteiger partial charge in [0, 0.05) is 0 Å². The van der Waals surface area contributed by atoms with Crippen molar-refractivity contribution in [1.82, 2.24) is 0 Å². The van der Waals surface area contributed by atoms with E-state index in [0.29, 0.717) is 25.7 Å². The summed E-state index contributed by atoms with van der Waals surface area (Å²) in [6.45, 7) is 3.36. The van der Waals surface area contributed by atoms with Gasteiger partial charge in [-0.15, -0.1) is 0 Å². The summed E-state index contributed by atoms with van der Waals surface area (Å²) in [5, 5.41) is 8.10. The van der Waals surface area contributed by atoms with Crippen molar-refractivity contribution < 1.29 is 18.3 Å². The minimum absolute atomic E-state index is 0.326. The van der Waals surface area contributed by atoms with Gasteiger partial charge in [0.25, 0.3) is 0 Å². The summed E-state index contributed by atoms with van der Waals surface area (Å²) in [7, 11) is -3.04. The van der Waals surface area contributed by atoms with Crippen LogP contribution < -0.4 is 0 Å². The molecule has 5 heteroatoms. The van der Waals surface area contributed by atoms with E-state index in [0.717, 1.165) is 0 Å². The predicted octanol–water partition coefficient (Wildman–Crippen LogP) is 1.45. The van der Waals surface area contributed by atoms with E-state index in [9.17, 15) is 13.2 Å². The van der Waals surface area contributed by atoms with E-state index in [2.05, 4.69) is 0 Å². The zero-order valence-electron chi connectivity index (χ0n) is 9.14. The average Bonchev–Trinajstić information content (AvgIpc) is 2.17. The smallest absolute Gasteiger partial charge is 0.306 e. The van der Waals surface area contributed by atoms with Crippen LogP contribution in [0.3, 0.4) is 0 Å². The van der Waals surface area contributed by atoms with Crippen molar-refractivity contribution in [3.63, 3.8) is 0 Å². The molecule has 0 heterocycles. The van der Waals surface area contributed by atoms with E-state index in [1.165, 1.54) is 0 Å². The van der Waals surface area contributed by atoms with Crippen LogP contribution in [0.1, 0.15) is 39.5 Å². The predicted molar refractivity (Wildman–Crippen MR) is 57.4 cm³/mol. The van der Waals surface area contributed by atoms with Crippen molar-refractivity contribution in [2.45, 2.75) is 50.0 Å². The van der Waals surface area contributed by atoms with Crippen molar-refractivity contribution >= 4 is 15.8 Å². The summed E-state index contributed by atoms with van der Waals surface area (Å²) < 4.78 is 23.6. The van der Waals surface area contributed by atoms with Gasteiger partial charge in [-0.3, -0.25) is 4.79 Å². The summed E-state index contributed by atoms with van der Waals surface area (Å²) >= 11 is 0. The molecular weight excluding hydrogens is 216 g/mol. The highest BCUT2D eigenvalue weighted by molar-refractivity contribution is 7.92. The van der Waals surface area contributed by atoms with Crippen molar-refractivity contribution in [2.75, 3.05) is 0 Å². The number of carboxylic acids is 1. The first-order valence-electron chi connectivity index (χ1n) is 5.31. The maximum absolute atomic E-state index is 11.8. The minimum Gasteiger partial charge on any atom is -0.481 e. The first-order chi connectivity index (χ1) is 6.85. The molecule has 1 aliphatic carbocycles. The number of aliphatic carboxylic acids is 1. The van der Waals surface area contributed by atoms with Crippen molar-refractivity contribution in [1.29, 1.82) is 0 Å². The fraction of sp³-hybridized carbons (Fsp3) is 0.900. The second-order valence-corrected chi connectivity index (χ2v) is 7.24. The van der Waals surface area contributed by atoms with E-state index in [1.807, 2.05) is 0 Å². The molecule has 0 atom stereocenters. The van der Waals surface area contributed by atoms with Crippen LogP contribution in [-0.2, 0) is 14.6 Å². The Morgan fingerprint density at radius 1 is 1.20 bits per heavy atom. The van der Waals surface area contributed by atoms with Crippen LogP contribution >= 0.6 is 0 Å². The van der Waals surface area contributed by atoms with Crippen LogP contribution in [0.4, 0.5) is 0 Å². The monoisotopic (exact) mass is 234 g/mol. The van der Waals surface area contributed by atoms with Crippen LogP contribution in [-0.4, -0.2) is 30.0 Å². The summed E-state index contributed by atoms with van der Waals surface area (Å²) in [6, 6.07) is 0. The lowest BCUT2D eigenvalue weighted by atomic mass is 9.89. The minimum atomic E-state index is -3.04. The van der Waals surface area contributed by atoms with Crippen LogP contribution in [0.25, 0.3) is 0 Å². The SMILES string of the molecule is CC(C)S(=O)(=O)C1CCC(C(=O)O)CC1. The first kappa shape index (κ1) is 12.5. The Balaban J connectivity index is 2.62. The van der Waals surface area contributed by atoms with Gasteiger partial charge in [-0.2, -0.15) is 0 Å². The topological polar surface area (TPSA) is 71.4 Å². The third kappa shape index (κ3) is 2.71. The molecule has 1 saturated carbocycles. The molecule has 0 unspecified atom stereocenters. The summed E-state index contributed by atoms with van der Waals surface area (Å²) in [4.78, 5) is 10.7. The molecule has 0 aromatic rings. The fourth-order valence-electron chi connectivity index (χ4n) is 2.02. The third-order valence-corrected chi connectivity index (χ3v) is 5.86. The normalized spacial score (nSPS) is 27.9. The van der Waals surface area contributed by atoms with Gasteiger partial charge in [0.1, 0.15) is 0 Å². The van der Waals surface area contributed by atoms with Gasteiger partial charge in [-0.1, -0.05) is 0 Å². The Bertz CT molecular complexity index is 323. The molecule has 1 N–H and O–H groups in total. The van der Waals surface area contributed by atoms with Crippen LogP contribution in [0.5, 0.6) is 0 Å². The standard InChI is InChI=1S/C10H18O4S/c1-7(2)15(13,14)9-5-3-8(4-6-9)10(11)12/h7-9H,3-6H2,1-2H3,(H,11,12). The van der Waals surface area contributed by atoms with Crippen LogP contribution in [0.2, 0.25) is 0 Å². The molecule has 0 radical (unpaired) electrons. The molecule has 0 aromatic carbocycles. The highest BCUT2D eigenvalue weighted by Crippen LogP contribution is 2.30. The van der Waals surface area contributed by atoms with E-state index < -0.39 is 15.8 Å². The van der Waals surface area contributed by atoms with Gasteiger partial charge in [0.15, 0.2) is 9.84 Å². The Hall–Kier alpha value is -0.580. The molecule has 0 aromatic heterocycles. The highest BCUT2D eigenvalue weighted by Gasteiger charge is 2.34. The van der Waals surface area contributed by atoms with Crippen LogP contribution in [0.15, 0.2) is 0 Å². The lowest BCUT2D eigenvalue weighted by molar-refractivity contribution is -0.142. The number of hydrogen-bond acceptors (Lipinski definition) is 3. The molecule has 0 amide bonds. The molecule has 1 rings (SSSR count). The Labute approximate surface area is 90.6 Å². The second kappa shape index (κ2) is 4.51. The van der Waals surface area contributed by atoms with Crippen molar-refractivity contribution in [3.05, 3.63) is 0 Å². The summed E-state index contributed by atoms with van der Waals surface area (Å²) in [5.74, 6) is -1.14. The van der Waals surface area contributed by atoms with Crippen molar-refractivity contribution in [3.8, 4) is 0 Å². The van der Waals surface area contributed by atoms with Gasteiger partial charge in [-0.05, 0) is 39.5 Å². The molecule has 15 heavy (non-hydrogen) atoms. The lowest BCUT2D eigenvalue weighted by Gasteiger charge is -2.27. The maximum atomic E-state index is 11.8. The van der Waals surface area contributed by atoms with Gasteiger partial charge in [0.05, 0.1) is 16.4 Å². The van der Waals surface area contributed by atoms with E-state index in [4.69, 9.17) is 5.11 Å². The molecular formula is C10H18O4S. The molecule has 1 aliphatic rings. The molecule has 88 valence electrons. The number of hydrogen-bond donors (Lipinski definition) is 1. The molecule has 0 spiro atoms. The quantitative estimate of drug-likeness (QED) is 0.802. The zero-order valence-corrected chi connectivity index (χ0v) is 9.96. The second-order valence-electron chi connectivity index (χ2n) is 4.45. The van der Waals surface area contributed by atoms with Gasteiger partial charge in [-0.25, -0.2) is 8.42 Å². The molecule has 0 aliphatic heterocycles. The molecule has 0 saturated heterocycles. The Morgan fingerprint density at radius 3 is 2.00 bits per heavy atom. The van der Waals surface area contributed by atoms with Gasteiger partial charge >= 0.3 is 5.97 Å². The third-order valence-electron chi connectivity index (χ3n) is 3.15. The van der Waals surface area contributed by atoms with Gasteiger partial charge in [0.2, 0.25) is 0 Å². The zero-order chi connectivity index (χ0) is 11.6. The Morgan fingerprint density at radius 2 is 1.67 bits per heavy atom. The fourth-order valence-corrected chi connectivity index (χ4v) is 3.72. The molecule has 4 nitrogen and oxygen atoms in total. The summed E-state index contributed by atoms with van der Waals surface area (Å²) in [6.07, 6.45) is 1.98. The van der Waals surface area contributed by atoms with E-state index in [1.54, 1.807) is 13.8 Å². The van der Waals surface area contributed by atoms with E-state index in [-0.39, 0.29) is 16.4 Å². The maximum Gasteiger partial charge on any atom is 0.306 e. The average molecular weight is 234 g/mol. The number of carboxylic acid groups (broad SMARTS) is 1. The van der Waals surface area contributed by atoms with Gasteiger partial charge < -0.3 is 5.11 Å². The number of rotatable bonds is 3. The largest absolute Gasteiger partial charge is 0.481 e. The van der Waals surface area contributed by atoms with Crippen molar-refractivity contribution in [2.24, 2.45) is 5.92 Å². The Kier molecular flexibility index (Phi) is 3.76.